The monoisotopic (exact) mass is 212 g/mol. The minimum atomic E-state index is -0.0796. The number of halogens is 1. The van der Waals surface area contributed by atoms with E-state index in [1.165, 1.54) is 0 Å². The Morgan fingerprint density at radius 3 is 3.07 bits per heavy atom. The highest BCUT2D eigenvalue weighted by atomic mass is 35.5. The predicted octanol–water partition coefficient (Wildman–Crippen LogP) is 1.25. The van der Waals surface area contributed by atoms with Crippen LogP contribution in [0.2, 0.25) is 0 Å². The molecule has 0 bridgehead atoms. The molecule has 1 amide bonds. The van der Waals surface area contributed by atoms with Gasteiger partial charge in [-0.25, -0.2) is 0 Å². The van der Waals surface area contributed by atoms with Crippen molar-refractivity contribution < 1.29 is 4.79 Å². The molecule has 0 aromatic carbocycles. The Kier molecular flexibility index (Phi) is 2.61. The maximum absolute atomic E-state index is 11.6. The zero-order valence-corrected chi connectivity index (χ0v) is 8.60. The summed E-state index contributed by atoms with van der Waals surface area (Å²) in [6.45, 7) is 0.528. The molecule has 3 N–H and O–H groups in total. The summed E-state index contributed by atoms with van der Waals surface area (Å²) in [6, 6.07) is 0. The summed E-state index contributed by atoms with van der Waals surface area (Å²) in [6.07, 6.45) is 4.29. The van der Waals surface area contributed by atoms with Crippen LogP contribution in [0.25, 0.3) is 0 Å². The van der Waals surface area contributed by atoms with E-state index >= 15 is 0 Å². The zero-order valence-electron chi connectivity index (χ0n) is 7.85. The maximum atomic E-state index is 11.6. The quantitative estimate of drug-likeness (QED) is 0.724. The summed E-state index contributed by atoms with van der Waals surface area (Å²) in [5.74, 6) is -0.00730. The van der Waals surface area contributed by atoms with Gasteiger partial charge in [-0.2, -0.15) is 0 Å². The minimum Gasteiger partial charge on any atom is -0.330 e. The second-order valence-corrected chi connectivity index (χ2v) is 4.13. The highest BCUT2D eigenvalue weighted by molar-refractivity contribution is 6.30. The third-order valence-corrected chi connectivity index (χ3v) is 2.99. The standard InChI is InChI=1S/C10H13ClN2O/c11-6-1-2-9-8(5-6)7(3-4-12)10(14)13-9/h5,7H,1-4,12H2,(H,13,14). The molecule has 1 aliphatic carbocycles. The number of carbonyl (C=O) groups excluding carboxylic acids is 1. The third kappa shape index (κ3) is 1.57. The van der Waals surface area contributed by atoms with Crippen molar-refractivity contribution >= 4 is 17.5 Å². The van der Waals surface area contributed by atoms with E-state index < -0.39 is 0 Å². The lowest BCUT2D eigenvalue weighted by molar-refractivity contribution is -0.122. The fraction of sp³-hybridized carbons (Fsp3) is 0.500. The molecule has 1 atom stereocenters. The Labute approximate surface area is 88.0 Å². The number of allylic oxidation sites excluding steroid dienone is 3. The number of nitrogens with two attached hydrogens (primary N) is 1. The molecule has 0 aromatic heterocycles. The van der Waals surface area contributed by atoms with Crippen molar-refractivity contribution in [3.63, 3.8) is 0 Å². The van der Waals surface area contributed by atoms with Crippen molar-refractivity contribution in [2.45, 2.75) is 19.3 Å². The molecule has 1 heterocycles. The molecule has 2 aliphatic rings. The van der Waals surface area contributed by atoms with Gasteiger partial charge in [0.05, 0.1) is 5.92 Å². The number of nitrogens with one attached hydrogen (secondary N) is 1. The van der Waals surface area contributed by atoms with Crippen molar-refractivity contribution in [1.82, 2.24) is 5.32 Å². The van der Waals surface area contributed by atoms with Gasteiger partial charge in [-0.15, -0.1) is 0 Å². The maximum Gasteiger partial charge on any atom is 0.231 e. The van der Waals surface area contributed by atoms with Gasteiger partial charge < -0.3 is 11.1 Å². The molecule has 3 nitrogen and oxygen atoms in total. The van der Waals surface area contributed by atoms with Crippen molar-refractivity contribution in [2.24, 2.45) is 11.7 Å². The average Bonchev–Trinajstić information content (AvgIpc) is 2.45. The molecule has 1 aliphatic heterocycles. The Morgan fingerprint density at radius 2 is 2.36 bits per heavy atom. The molecule has 0 aromatic rings. The Balaban J connectivity index is 2.26. The zero-order chi connectivity index (χ0) is 10.1. The van der Waals surface area contributed by atoms with E-state index in [2.05, 4.69) is 5.32 Å². The van der Waals surface area contributed by atoms with E-state index in [0.29, 0.717) is 13.0 Å². The summed E-state index contributed by atoms with van der Waals surface area (Å²) in [7, 11) is 0. The summed E-state index contributed by atoms with van der Waals surface area (Å²) in [4.78, 5) is 11.6. The average molecular weight is 213 g/mol. The second kappa shape index (κ2) is 3.75. The van der Waals surface area contributed by atoms with Crippen LogP contribution in [-0.2, 0) is 4.79 Å². The summed E-state index contributed by atoms with van der Waals surface area (Å²) < 4.78 is 0. The van der Waals surface area contributed by atoms with Gasteiger partial charge in [0.15, 0.2) is 0 Å². The van der Waals surface area contributed by atoms with Crippen LogP contribution in [0.4, 0.5) is 0 Å². The smallest absolute Gasteiger partial charge is 0.231 e. The van der Waals surface area contributed by atoms with Crippen molar-refractivity contribution in [1.29, 1.82) is 0 Å². The minimum absolute atomic E-state index is 0.0723. The summed E-state index contributed by atoms with van der Waals surface area (Å²) in [5.41, 5.74) is 7.56. The number of hydrogen-bond acceptors (Lipinski definition) is 2. The fourth-order valence-corrected chi connectivity index (χ4v) is 2.20. The molecule has 76 valence electrons. The van der Waals surface area contributed by atoms with E-state index in [9.17, 15) is 4.79 Å². The van der Waals surface area contributed by atoms with Gasteiger partial charge in [0.1, 0.15) is 0 Å². The van der Waals surface area contributed by atoms with Crippen LogP contribution < -0.4 is 11.1 Å². The van der Waals surface area contributed by atoms with Crippen LogP contribution in [0, 0.1) is 5.92 Å². The van der Waals surface area contributed by atoms with E-state index in [1.807, 2.05) is 6.08 Å². The first kappa shape index (κ1) is 9.74. The second-order valence-electron chi connectivity index (χ2n) is 3.64. The Hall–Kier alpha value is -0.800. The summed E-state index contributed by atoms with van der Waals surface area (Å²) >= 11 is 5.95. The van der Waals surface area contributed by atoms with Crippen LogP contribution in [0.1, 0.15) is 19.3 Å². The molecule has 0 spiro atoms. The van der Waals surface area contributed by atoms with E-state index in [1.54, 1.807) is 0 Å². The lowest BCUT2D eigenvalue weighted by Gasteiger charge is -2.12. The van der Waals surface area contributed by atoms with E-state index in [0.717, 1.165) is 29.1 Å². The highest BCUT2D eigenvalue weighted by Gasteiger charge is 2.32. The Bertz CT molecular complexity index is 333. The van der Waals surface area contributed by atoms with Crippen LogP contribution in [0.3, 0.4) is 0 Å². The molecule has 14 heavy (non-hydrogen) atoms. The highest BCUT2D eigenvalue weighted by Crippen LogP contribution is 2.34. The molecule has 1 unspecified atom stereocenters. The molecule has 0 fully saturated rings. The third-order valence-electron chi connectivity index (χ3n) is 2.70. The number of carbonyl (C=O) groups is 1. The number of amides is 1. The fourth-order valence-electron chi connectivity index (χ4n) is 1.99. The van der Waals surface area contributed by atoms with Gasteiger partial charge >= 0.3 is 0 Å². The molecular weight excluding hydrogens is 200 g/mol. The molecular formula is C10H13ClN2O. The summed E-state index contributed by atoms with van der Waals surface area (Å²) in [5, 5.41) is 3.73. The lowest BCUT2D eigenvalue weighted by atomic mass is 9.92. The topological polar surface area (TPSA) is 55.1 Å². The van der Waals surface area contributed by atoms with Crippen molar-refractivity contribution in [2.75, 3.05) is 6.54 Å². The molecule has 0 saturated carbocycles. The molecule has 0 radical (unpaired) electrons. The first-order chi connectivity index (χ1) is 6.72. The first-order valence-corrected chi connectivity index (χ1v) is 5.20. The van der Waals surface area contributed by atoms with Gasteiger partial charge in [0.2, 0.25) is 5.91 Å². The van der Waals surface area contributed by atoms with Crippen LogP contribution in [0.5, 0.6) is 0 Å². The molecule has 2 rings (SSSR count). The largest absolute Gasteiger partial charge is 0.330 e. The van der Waals surface area contributed by atoms with Gasteiger partial charge in [-0.1, -0.05) is 11.6 Å². The van der Waals surface area contributed by atoms with Crippen LogP contribution in [-0.4, -0.2) is 12.5 Å². The first-order valence-electron chi connectivity index (χ1n) is 4.82. The van der Waals surface area contributed by atoms with Crippen LogP contribution >= 0.6 is 11.6 Å². The Morgan fingerprint density at radius 1 is 1.57 bits per heavy atom. The number of hydrogen-bond donors (Lipinski definition) is 2. The van der Waals surface area contributed by atoms with Crippen molar-refractivity contribution in [3.05, 3.63) is 22.4 Å². The lowest BCUT2D eigenvalue weighted by Crippen LogP contribution is -2.23. The van der Waals surface area contributed by atoms with E-state index in [4.69, 9.17) is 17.3 Å². The normalized spacial score (nSPS) is 26.0. The van der Waals surface area contributed by atoms with Gasteiger partial charge in [-0.05, 0) is 37.5 Å². The van der Waals surface area contributed by atoms with Crippen LogP contribution in [0.15, 0.2) is 22.4 Å². The predicted molar refractivity (Wildman–Crippen MR) is 55.5 cm³/mol. The molecule has 0 saturated heterocycles. The number of rotatable bonds is 2. The van der Waals surface area contributed by atoms with Crippen molar-refractivity contribution in [3.8, 4) is 0 Å². The van der Waals surface area contributed by atoms with Gasteiger partial charge in [0.25, 0.3) is 0 Å². The SMILES string of the molecule is NCCC1C(=O)NC2=C1C=C(Cl)CC2. The van der Waals surface area contributed by atoms with E-state index in [-0.39, 0.29) is 11.8 Å². The van der Waals surface area contributed by atoms with Gasteiger partial charge in [0, 0.05) is 10.7 Å². The molecule has 4 heteroatoms. The van der Waals surface area contributed by atoms with Gasteiger partial charge in [-0.3, -0.25) is 4.79 Å².